The first-order valence-electron chi connectivity index (χ1n) is 9.78. The highest BCUT2D eigenvalue weighted by Crippen LogP contribution is 2.28. The molecule has 0 saturated carbocycles. The number of nitrogens with zero attached hydrogens (tertiary/aromatic N) is 3. The Labute approximate surface area is 196 Å². The molecule has 1 N–H and O–H groups in total. The number of ether oxygens (including phenoxy) is 1. The van der Waals surface area contributed by atoms with Crippen molar-refractivity contribution in [2.75, 3.05) is 22.9 Å². The number of sulfonamides is 1. The molecule has 1 heterocycles. The molecule has 8 nitrogen and oxygen atoms in total. The van der Waals surface area contributed by atoms with E-state index in [4.69, 9.17) is 4.74 Å². The molecule has 1 aromatic heterocycles. The van der Waals surface area contributed by atoms with Crippen molar-refractivity contribution in [3.63, 3.8) is 0 Å². The molecule has 0 spiro atoms. The minimum Gasteiger partial charge on any atom is -0.481 e. The molecule has 3 aromatic rings. The van der Waals surface area contributed by atoms with Gasteiger partial charge in [0.15, 0.2) is 10.4 Å². The number of amides is 1. The Morgan fingerprint density at radius 2 is 1.84 bits per heavy atom. The largest absolute Gasteiger partial charge is 0.481 e. The molecule has 0 aliphatic carbocycles. The summed E-state index contributed by atoms with van der Waals surface area (Å²) in [5.41, 5.74) is 1.69. The second-order valence-electron chi connectivity index (χ2n) is 6.88. The zero-order valence-electron chi connectivity index (χ0n) is 17.9. The summed E-state index contributed by atoms with van der Waals surface area (Å²) in [7, 11) is -1.87. The first-order chi connectivity index (χ1) is 15.3. The lowest BCUT2D eigenvalue weighted by atomic mass is 10.2. The Kier molecular flexibility index (Phi) is 8.10. The van der Waals surface area contributed by atoms with E-state index in [1.54, 1.807) is 36.0 Å². The molecular formula is C21H24N4O4S3. The van der Waals surface area contributed by atoms with Gasteiger partial charge >= 0.3 is 0 Å². The predicted octanol–water partition coefficient (Wildman–Crippen LogP) is 4.02. The monoisotopic (exact) mass is 492 g/mol. The van der Waals surface area contributed by atoms with E-state index in [1.165, 1.54) is 28.3 Å². The van der Waals surface area contributed by atoms with E-state index in [1.807, 2.05) is 37.3 Å². The van der Waals surface area contributed by atoms with Gasteiger partial charge in [-0.3, -0.25) is 14.4 Å². The fourth-order valence-corrected chi connectivity index (χ4v) is 4.85. The van der Waals surface area contributed by atoms with Gasteiger partial charge in [0.25, 0.3) is 5.91 Å². The third kappa shape index (κ3) is 6.68. The fourth-order valence-electron chi connectivity index (χ4n) is 2.64. The molecule has 0 aliphatic heterocycles. The van der Waals surface area contributed by atoms with Crippen molar-refractivity contribution in [3.05, 3.63) is 60.2 Å². The molecule has 0 fully saturated rings. The number of hydrogen-bond acceptors (Lipinski definition) is 8. The Bertz CT molecular complexity index is 1140. The van der Waals surface area contributed by atoms with Crippen LogP contribution in [0.2, 0.25) is 0 Å². The molecule has 32 heavy (non-hydrogen) atoms. The fraction of sp³-hybridized carbons (Fsp3) is 0.286. The van der Waals surface area contributed by atoms with Gasteiger partial charge in [-0.1, -0.05) is 60.4 Å². The second kappa shape index (κ2) is 10.8. The minimum atomic E-state index is -3.35. The van der Waals surface area contributed by atoms with Crippen LogP contribution in [0.3, 0.4) is 0 Å². The lowest BCUT2D eigenvalue weighted by molar-refractivity contribution is -0.122. The van der Waals surface area contributed by atoms with Crippen LogP contribution in [-0.4, -0.2) is 43.9 Å². The molecule has 2 aromatic carbocycles. The van der Waals surface area contributed by atoms with Gasteiger partial charge in [-0.2, -0.15) is 0 Å². The van der Waals surface area contributed by atoms with Gasteiger partial charge in [-0.25, -0.2) is 8.42 Å². The number of anilines is 2. The number of carbonyl (C=O) groups is 1. The Morgan fingerprint density at radius 1 is 1.16 bits per heavy atom. The summed E-state index contributed by atoms with van der Waals surface area (Å²) < 4.78 is 31.0. The maximum Gasteiger partial charge on any atom is 0.267 e. The number of thioether (sulfide) groups is 1. The van der Waals surface area contributed by atoms with Crippen molar-refractivity contribution in [1.82, 2.24) is 10.2 Å². The molecule has 170 valence electrons. The average molecular weight is 493 g/mol. The maximum absolute atomic E-state index is 12.7. The van der Waals surface area contributed by atoms with E-state index < -0.39 is 16.1 Å². The number of carbonyl (C=O) groups excluding carboxylic acids is 1. The van der Waals surface area contributed by atoms with Crippen LogP contribution in [0.5, 0.6) is 5.75 Å². The van der Waals surface area contributed by atoms with E-state index in [9.17, 15) is 13.2 Å². The van der Waals surface area contributed by atoms with Crippen molar-refractivity contribution in [2.45, 2.75) is 29.5 Å². The average Bonchev–Trinajstić information content (AvgIpc) is 3.23. The lowest BCUT2D eigenvalue weighted by Gasteiger charge is -2.19. The van der Waals surface area contributed by atoms with Crippen LogP contribution in [0.25, 0.3) is 0 Å². The highest BCUT2D eigenvalue weighted by Gasteiger charge is 2.21. The molecule has 0 bridgehead atoms. The van der Waals surface area contributed by atoms with Crippen molar-refractivity contribution in [1.29, 1.82) is 0 Å². The second-order valence-corrected chi connectivity index (χ2v) is 11.1. The normalized spacial score (nSPS) is 12.2. The van der Waals surface area contributed by atoms with Crippen LogP contribution in [0.4, 0.5) is 10.8 Å². The highest BCUT2D eigenvalue weighted by molar-refractivity contribution is 8.00. The summed E-state index contributed by atoms with van der Waals surface area (Å²) in [5.74, 6) is 0.920. The molecule has 11 heteroatoms. The van der Waals surface area contributed by atoms with Gasteiger partial charge in [0, 0.05) is 12.8 Å². The van der Waals surface area contributed by atoms with Crippen molar-refractivity contribution < 1.29 is 17.9 Å². The van der Waals surface area contributed by atoms with Crippen LogP contribution in [0, 0.1) is 0 Å². The zero-order chi connectivity index (χ0) is 23.1. The van der Waals surface area contributed by atoms with Gasteiger partial charge in [-0.15, -0.1) is 10.2 Å². The molecule has 0 saturated heterocycles. The van der Waals surface area contributed by atoms with Crippen LogP contribution in [0.1, 0.15) is 18.9 Å². The zero-order valence-corrected chi connectivity index (χ0v) is 20.3. The number of hydrogen-bond donors (Lipinski definition) is 1. The van der Waals surface area contributed by atoms with E-state index in [-0.39, 0.29) is 5.91 Å². The molecule has 1 atom stereocenters. The van der Waals surface area contributed by atoms with E-state index in [2.05, 4.69) is 15.5 Å². The number of rotatable bonds is 10. The third-order valence-corrected chi connectivity index (χ3v) is 7.73. The lowest BCUT2D eigenvalue weighted by Crippen LogP contribution is -2.32. The van der Waals surface area contributed by atoms with Crippen LogP contribution in [0.15, 0.2) is 58.9 Å². The van der Waals surface area contributed by atoms with Crippen LogP contribution >= 0.6 is 23.1 Å². The van der Waals surface area contributed by atoms with E-state index in [0.717, 1.165) is 16.3 Å². The molecule has 0 radical (unpaired) electrons. The Hall–Kier alpha value is -2.63. The van der Waals surface area contributed by atoms with Crippen LogP contribution in [-0.2, 0) is 20.6 Å². The van der Waals surface area contributed by atoms with Gasteiger partial charge in [0.2, 0.25) is 15.2 Å². The van der Waals surface area contributed by atoms with Gasteiger partial charge in [0.1, 0.15) is 5.75 Å². The van der Waals surface area contributed by atoms with E-state index in [0.29, 0.717) is 23.0 Å². The summed E-state index contributed by atoms with van der Waals surface area (Å²) in [4.78, 5) is 12.7. The van der Waals surface area contributed by atoms with Gasteiger partial charge in [-0.05, 0) is 36.2 Å². The first kappa shape index (κ1) is 24.0. The Balaban J connectivity index is 1.56. The quantitative estimate of drug-likeness (QED) is 0.337. The van der Waals surface area contributed by atoms with Crippen molar-refractivity contribution >= 4 is 49.8 Å². The topological polar surface area (TPSA) is 101 Å². The number of benzene rings is 2. The molecule has 1 amide bonds. The minimum absolute atomic E-state index is 0.319. The highest BCUT2D eigenvalue weighted by atomic mass is 32.2. The van der Waals surface area contributed by atoms with Crippen molar-refractivity contribution in [2.24, 2.45) is 0 Å². The van der Waals surface area contributed by atoms with Crippen molar-refractivity contribution in [3.8, 4) is 5.75 Å². The van der Waals surface area contributed by atoms with Crippen LogP contribution < -0.4 is 14.4 Å². The van der Waals surface area contributed by atoms with Gasteiger partial charge < -0.3 is 4.74 Å². The SMILES string of the molecule is CC[C@H](Oc1ccc(N(C)S(C)(=O)=O)cc1)C(=O)Nc1nnc(SCc2ccccc2)s1. The first-order valence-corrected chi connectivity index (χ1v) is 13.4. The number of nitrogens with one attached hydrogen (secondary N) is 1. The molecule has 3 rings (SSSR count). The summed E-state index contributed by atoms with van der Waals surface area (Å²) in [6.07, 6.45) is 0.858. The molecular weight excluding hydrogens is 468 g/mol. The number of aromatic nitrogens is 2. The smallest absolute Gasteiger partial charge is 0.267 e. The standard InChI is InChI=1S/C21H24N4O4S3/c1-4-18(29-17-12-10-16(11-13-17)25(2)32(3,27)28)19(26)22-20-23-24-21(31-20)30-14-15-8-6-5-7-9-15/h5-13,18H,4,14H2,1-3H3,(H,22,23,26)/t18-/m0/s1. The summed E-state index contributed by atoms with van der Waals surface area (Å²) in [5, 5.41) is 11.3. The molecule has 0 unspecified atom stereocenters. The summed E-state index contributed by atoms with van der Waals surface area (Å²) in [6.45, 7) is 1.84. The summed E-state index contributed by atoms with van der Waals surface area (Å²) in [6, 6.07) is 16.6. The van der Waals surface area contributed by atoms with Gasteiger partial charge in [0.05, 0.1) is 11.9 Å². The Morgan fingerprint density at radius 3 is 2.47 bits per heavy atom. The molecule has 0 aliphatic rings. The predicted molar refractivity (Wildman–Crippen MR) is 129 cm³/mol. The third-order valence-electron chi connectivity index (χ3n) is 4.48. The van der Waals surface area contributed by atoms with E-state index >= 15 is 0 Å². The maximum atomic E-state index is 12.7. The summed E-state index contributed by atoms with van der Waals surface area (Å²) >= 11 is 2.87.